The fourth-order valence-corrected chi connectivity index (χ4v) is 7.25. The molecular weight excluding hydrogens is 456 g/mol. The lowest BCUT2D eigenvalue weighted by molar-refractivity contribution is -0.256. The zero-order valence-electron chi connectivity index (χ0n) is 20.1. The number of benzene rings is 3. The molecule has 36 heavy (non-hydrogen) atoms. The number of likely N-dealkylation sites (N-methyl/N-ethyl adjacent to an activating group) is 1. The molecule has 2 bridgehead atoms. The average Bonchev–Trinajstić information content (AvgIpc) is 3.48. The molecule has 5 aromatic rings. The van der Waals surface area contributed by atoms with E-state index in [0.29, 0.717) is 17.5 Å². The van der Waals surface area contributed by atoms with Crippen LogP contribution in [0.2, 0.25) is 0 Å². The quantitative estimate of drug-likeness (QED) is 0.373. The van der Waals surface area contributed by atoms with E-state index in [1.807, 2.05) is 43.4 Å². The second-order valence-corrected chi connectivity index (χ2v) is 10.1. The first-order valence-electron chi connectivity index (χ1n) is 12.3. The van der Waals surface area contributed by atoms with Crippen molar-refractivity contribution in [3.8, 4) is 0 Å². The molecule has 0 aliphatic carbocycles. The summed E-state index contributed by atoms with van der Waals surface area (Å²) < 4.78 is 17.6. The van der Waals surface area contributed by atoms with E-state index in [1.54, 1.807) is 7.11 Å². The fraction of sp³-hybridized carbons (Fsp3) is 0.286. The summed E-state index contributed by atoms with van der Waals surface area (Å²) in [7, 11) is 3.67. The van der Waals surface area contributed by atoms with E-state index < -0.39 is 5.72 Å². The standard InChI is InChI=1S/C28H24N4O4/c1-28-25(35-3)15(29-2)12-18(36-28)31-16-10-6-4-8-13(16)19-21-22(27(34)30-26(21)33)20-14-9-5-7-11-17(14)32(28)24(20)23(19)31/h4-11,15,18,25,29H,12H2,1-3H3,(H,30,33,34)/t15-,18?,25-,28+/m1/s1. The van der Waals surface area contributed by atoms with Crippen molar-refractivity contribution in [2.75, 3.05) is 14.2 Å². The topological polar surface area (TPSA) is 86.5 Å². The van der Waals surface area contributed by atoms with Crippen molar-refractivity contribution in [3.63, 3.8) is 0 Å². The van der Waals surface area contributed by atoms with Crippen molar-refractivity contribution >= 4 is 55.4 Å². The fourth-order valence-electron chi connectivity index (χ4n) is 7.25. The van der Waals surface area contributed by atoms with Gasteiger partial charge in [-0.15, -0.1) is 0 Å². The van der Waals surface area contributed by atoms with E-state index in [0.717, 1.165) is 43.6 Å². The minimum atomic E-state index is -0.882. The Balaban J connectivity index is 1.74. The molecule has 8 nitrogen and oxygen atoms in total. The van der Waals surface area contributed by atoms with Gasteiger partial charge < -0.3 is 23.9 Å². The van der Waals surface area contributed by atoms with Gasteiger partial charge in [0.15, 0.2) is 5.72 Å². The normalized spacial score (nSPS) is 26.9. The maximum absolute atomic E-state index is 13.3. The van der Waals surface area contributed by atoms with Gasteiger partial charge in [-0.2, -0.15) is 0 Å². The summed E-state index contributed by atoms with van der Waals surface area (Å²) in [5, 5.41) is 9.49. The van der Waals surface area contributed by atoms with Gasteiger partial charge in [-0.1, -0.05) is 36.4 Å². The lowest BCUT2D eigenvalue weighted by Gasteiger charge is -2.48. The first-order valence-corrected chi connectivity index (χ1v) is 12.3. The summed E-state index contributed by atoms with van der Waals surface area (Å²) in [5.74, 6) is -0.704. The molecule has 2 N–H and O–H groups in total. The Kier molecular flexibility index (Phi) is 3.71. The van der Waals surface area contributed by atoms with E-state index in [9.17, 15) is 9.59 Å². The zero-order valence-corrected chi connectivity index (χ0v) is 20.1. The van der Waals surface area contributed by atoms with Gasteiger partial charge in [0.05, 0.1) is 33.2 Å². The largest absolute Gasteiger partial charge is 0.375 e. The number of nitrogens with zero attached hydrogens (tertiary/aromatic N) is 2. The van der Waals surface area contributed by atoms with E-state index in [1.165, 1.54) is 0 Å². The van der Waals surface area contributed by atoms with Crippen LogP contribution < -0.4 is 10.6 Å². The Morgan fingerprint density at radius 1 is 0.972 bits per heavy atom. The number of fused-ring (bicyclic) bond motifs is 13. The number of methoxy groups -OCH3 is 1. The first-order chi connectivity index (χ1) is 17.5. The number of carbonyl (C=O) groups excluding carboxylic acids is 2. The lowest BCUT2D eigenvalue weighted by Crippen LogP contribution is -2.59. The van der Waals surface area contributed by atoms with Gasteiger partial charge in [0, 0.05) is 41.1 Å². The Bertz CT molecular complexity index is 1830. The van der Waals surface area contributed by atoms with Gasteiger partial charge in [-0.3, -0.25) is 14.9 Å². The molecule has 3 aromatic carbocycles. The summed E-state index contributed by atoms with van der Waals surface area (Å²) in [6.07, 6.45) is 0.0823. The molecule has 180 valence electrons. The van der Waals surface area contributed by atoms with Crippen LogP contribution in [0.5, 0.6) is 0 Å². The third-order valence-corrected chi connectivity index (χ3v) is 8.52. The number of hydrogen-bond acceptors (Lipinski definition) is 5. The van der Waals surface area contributed by atoms with Crippen molar-refractivity contribution in [2.24, 2.45) is 0 Å². The lowest BCUT2D eigenvalue weighted by atomic mass is 9.93. The SMILES string of the molecule is CN[C@@H]1CC2O[C@@](C)([C@@H]1OC)n1c3ccccc3c3c4c(c5c6ccccc6n2c5c31)C(=O)NC4=O. The maximum Gasteiger partial charge on any atom is 0.259 e. The third-order valence-electron chi connectivity index (χ3n) is 8.52. The summed E-state index contributed by atoms with van der Waals surface area (Å²) in [5.41, 5.74) is 3.75. The Morgan fingerprint density at radius 2 is 1.58 bits per heavy atom. The van der Waals surface area contributed by atoms with Crippen LogP contribution in [0.3, 0.4) is 0 Å². The van der Waals surface area contributed by atoms with Crippen molar-refractivity contribution in [1.29, 1.82) is 0 Å². The number of nitrogens with one attached hydrogen (secondary N) is 2. The van der Waals surface area contributed by atoms with E-state index in [2.05, 4.69) is 38.8 Å². The van der Waals surface area contributed by atoms with Gasteiger partial charge >= 0.3 is 0 Å². The number of ether oxygens (including phenoxy) is 2. The highest BCUT2D eigenvalue weighted by molar-refractivity contribution is 6.39. The summed E-state index contributed by atoms with van der Waals surface area (Å²) in [6.45, 7) is 2.07. The van der Waals surface area contributed by atoms with Crippen LogP contribution in [0.4, 0.5) is 0 Å². The van der Waals surface area contributed by atoms with Crippen LogP contribution in [-0.2, 0) is 15.2 Å². The van der Waals surface area contributed by atoms with E-state index in [4.69, 9.17) is 9.47 Å². The van der Waals surface area contributed by atoms with Crippen LogP contribution in [0.1, 0.15) is 40.3 Å². The Labute approximate surface area is 205 Å². The molecule has 1 unspecified atom stereocenters. The summed E-state index contributed by atoms with van der Waals surface area (Å²) >= 11 is 0. The number of imide groups is 1. The monoisotopic (exact) mass is 480 g/mol. The number of aromatic nitrogens is 2. The van der Waals surface area contributed by atoms with Crippen molar-refractivity contribution in [2.45, 2.75) is 37.4 Å². The summed E-state index contributed by atoms with van der Waals surface area (Å²) in [4.78, 5) is 26.7. The van der Waals surface area contributed by atoms with E-state index in [-0.39, 0.29) is 30.2 Å². The molecule has 8 rings (SSSR count). The van der Waals surface area contributed by atoms with E-state index >= 15 is 0 Å². The molecule has 0 saturated carbocycles. The number of para-hydroxylation sites is 2. The maximum atomic E-state index is 13.3. The number of amides is 2. The molecular formula is C28H24N4O4. The Morgan fingerprint density at radius 3 is 2.25 bits per heavy atom. The molecule has 4 atom stereocenters. The third kappa shape index (κ3) is 2.10. The predicted octanol–water partition coefficient (Wildman–Crippen LogP) is 3.99. The molecule has 1 saturated heterocycles. The highest BCUT2D eigenvalue weighted by Crippen LogP contribution is 2.53. The first kappa shape index (κ1) is 20.5. The molecule has 2 amide bonds. The molecule has 1 fully saturated rings. The van der Waals surface area contributed by atoms with Crippen molar-refractivity contribution in [3.05, 3.63) is 59.7 Å². The van der Waals surface area contributed by atoms with Crippen LogP contribution in [0, 0.1) is 0 Å². The predicted molar refractivity (Wildman–Crippen MR) is 136 cm³/mol. The van der Waals surface area contributed by atoms with Crippen LogP contribution >= 0.6 is 0 Å². The molecule has 0 radical (unpaired) electrons. The highest BCUT2D eigenvalue weighted by atomic mass is 16.6. The zero-order chi connectivity index (χ0) is 24.5. The minimum absolute atomic E-state index is 0.0114. The Hall–Kier alpha value is -3.72. The number of rotatable bonds is 2. The minimum Gasteiger partial charge on any atom is -0.375 e. The molecule has 3 aliphatic rings. The number of hydrogen-bond donors (Lipinski definition) is 2. The van der Waals surface area contributed by atoms with Gasteiger partial charge in [0.2, 0.25) is 0 Å². The van der Waals surface area contributed by atoms with Gasteiger partial charge in [0.25, 0.3) is 11.8 Å². The molecule has 8 heteroatoms. The van der Waals surface area contributed by atoms with Crippen LogP contribution in [0.25, 0.3) is 43.6 Å². The van der Waals surface area contributed by atoms with Crippen LogP contribution in [0.15, 0.2) is 48.5 Å². The van der Waals surface area contributed by atoms with Gasteiger partial charge in [-0.05, 0) is 26.1 Å². The second-order valence-electron chi connectivity index (χ2n) is 10.1. The van der Waals surface area contributed by atoms with Crippen molar-refractivity contribution < 1.29 is 19.1 Å². The second kappa shape index (κ2) is 6.53. The molecule has 0 spiro atoms. The molecule has 5 heterocycles. The molecule has 3 aliphatic heterocycles. The summed E-state index contributed by atoms with van der Waals surface area (Å²) in [6, 6.07) is 16.1. The van der Waals surface area contributed by atoms with Gasteiger partial charge in [0.1, 0.15) is 12.3 Å². The van der Waals surface area contributed by atoms with Gasteiger partial charge in [-0.25, -0.2) is 0 Å². The molecule has 2 aromatic heterocycles. The smallest absolute Gasteiger partial charge is 0.259 e. The van der Waals surface area contributed by atoms with Crippen molar-refractivity contribution in [1.82, 2.24) is 19.8 Å². The highest BCUT2D eigenvalue weighted by Gasteiger charge is 2.53. The average molecular weight is 481 g/mol. The number of carbonyl (C=O) groups is 2. The van der Waals surface area contributed by atoms with Crippen LogP contribution in [-0.4, -0.2) is 47.3 Å².